The van der Waals surface area contributed by atoms with Crippen molar-refractivity contribution in [3.05, 3.63) is 36.6 Å². The van der Waals surface area contributed by atoms with Gasteiger partial charge in [-0.3, -0.25) is 0 Å². The molecular weight excluding hydrogens is 124 g/mol. The average Bonchev–Trinajstić information content (AvgIpc) is 1.99. The Kier molecular flexibility index (Phi) is 5.54. The molecule has 0 saturated heterocycles. The SMILES string of the molecule is C=C/C(=C\C=C\CC)OC. The number of rotatable bonds is 4. The molecule has 0 aliphatic rings. The maximum atomic E-state index is 4.94. The Balaban J connectivity index is 3.85. The van der Waals surface area contributed by atoms with Gasteiger partial charge in [0.2, 0.25) is 0 Å². The molecule has 0 bridgehead atoms. The fraction of sp³-hybridized carbons (Fsp3) is 0.333. The van der Waals surface area contributed by atoms with Crippen molar-refractivity contribution in [1.29, 1.82) is 0 Å². The van der Waals surface area contributed by atoms with Crippen molar-refractivity contribution in [1.82, 2.24) is 0 Å². The van der Waals surface area contributed by atoms with E-state index in [9.17, 15) is 0 Å². The monoisotopic (exact) mass is 138 g/mol. The quantitative estimate of drug-likeness (QED) is 0.428. The second kappa shape index (κ2) is 6.14. The van der Waals surface area contributed by atoms with Gasteiger partial charge in [-0.1, -0.05) is 25.7 Å². The zero-order chi connectivity index (χ0) is 7.82. The van der Waals surface area contributed by atoms with Gasteiger partial charge in [0.25, 0.3) is 0 Å². The largest absolute Gasteiger partial charge is 0.497 e. The summed E-state index contributed by atoms with van der Waals surface area (Å²) in [6, 6.07) is 0. The van der Waals surface area contributed by atoms with Crippen LogP contribution in [0.5, 0.6) is 0 Å². The molecule has 0 unspecified atom stereocenters. The van der Waals surface area contributed by atoms with Crippen LogP contribution in [0.25, 0.3) is 0 Å². The van der Waals surface area contributed by atoms with E-state index in [-0.39, 0.29) is 0 Å². The molecule has 0 atom stereocenters. The standard InChI is InChI=1S/C9H14O/c1-4-6-7-8-9(5-2)10-3/h5-8H,2,4H2,1,3H3/b7-6+,9-8+. The third-order valence-electron chi connectivity index (χ3n) is 1.07. The van der Waals surface area contributed by atoms with Crippen molar-refractivity contribution in [2.24, 2.45) is 0 Å². The van der Waals surface area contributed by atoms with Gasteiger partial charge in [-0.05, 0) is 18.6 Å². The fourth-order valence-electron chi connectivity index (χ4n) is 0.518. The number of ether oxygens (including phenoxy) is 1. The Morgan fingerprint density at radius 2 is 2.30 bits per heavy atom. The predicted octanol–water partition coefficient (Wildman–Crippen LogP) is 2.67. The van der Waals surface area contributed by atoms with Gasteiger partial charge in [0.15, 0.2) is 0 Å². The highest BCUT2D eigenvalue weighted by molar-refractivity contribution is 5.15. The van der Waals surface area contributed by atoms with E-state index in [0.29, 0.717) is 0 Å². The van der Waals surface area contributed by atoms with Crippen molar-refractivity contribution < 1.29 is 4.74 Å². The number of hydrogen-bond donors (Lipinski definition) is 0. The first-order chi connectivity index (χ1) is 4.85. The molecule has 0 aromatic carbocycles. The maximum Gasteiger partial charge on any atom is 0.118 e. The number of allylic oxidation sites excluding steroid dienone is 4. The molecule has 1 heteroatoms. The van der Waals surface area contributed by atoms with Gasteiger partial charge < -0.3 is 4.74 Å². The average molecular weight is 138 g/mol. The van der Waals surface area contributed by atoms with Crippen LogP contribution in [0.2, 0.25) is 0 Å². The lowest BCUT2D eigenvalue weighted by molar-refractivity contribution is 0.307. The Labute approximate surface area is 62.7 Å². The van der Waals surface area contributed by atoms with E-state index in [4.69, 9.17) is 4.74 Å². The van der Waals surface area contributed by atoms with Crippen LogP contribution >= 0.6 is 0 Å². The maximum absolute atomic E-state index is 4.94. The molecule has 0 aromatic heterocycles. The van der Waals surface area contributed by atoms with Crippen LogP contribution in [0.3, 0.4) is 0 Å². The molecular formula is C9H14O. The summed E-state index contributed by atoms with van der Waals surface area (Å²) >= 11 is 0. The minimum Gasteiger partial charge on any atom is -0.497 e. The zero-order valence-electron chi connectivity index (χ0n) is 6.63. The second-order valence-corrected chi connectivity index (χ2v) is 1.81. The Morgan fingerprint density at radius 1 is 1.60 bits per heavy atom. The molecule has 0 radical (unpaired) electrons. The molecule has 0 aliphatic heterocycles. The second-order valence-electron chi connectivity index (χ2n) is 1.81. The highest BCUT2D eigenvalue weighted by Gasteiger charge is 1.80. The summed E-state index contributed by atoms with van der Waals surface area (Å²) in [6.07, 6.45) is 8.63. The lowest BCUT2D eigenvalue weighted by Crippen LogP contribution is -1.77. The number of methoxy groups -OCH3 is 1. The van der Waals surface area contributed by atoms with E-state index in [1.54, 1.807) is 13.2 Å². The summed E-state index contributed by atoms with van der Waals surface area (Å²) in [5.74, 6) is 0.796. The van der Waals surface area contributed by atoms with Crippen LogP contribution < -0.4 is 0 Å². The van der Waals surface area contributed by atoms with E-state index in [2.05, 4.69) is 19.6 Å². The molecule has 0 saturated carbocycles. The first-order valence-corrected chi connectivity index (χ1v) is 3.38. The van der Waals surface area contributed by atoms with Gasteiger partial charge in [0.05, 0.1) is 7.11 Å². The summed E-state index contributed by atoms with van der Waals surface area (Å²) in [7, 11) is 1.63. The molecule has 0 heterocycles. The molecule has 56 valence electrons. The van der Waals surface area contributed by atoms with Crippen LogP contribution in [0.15, 0.2) is 36.6 Å². The minimum absolute atomic E-state index is 0.796. The molecule has 0 aromatic rings. The van der Waals surface area contributed by atoms with Crippen molar-refractivity contribution in [3.8, 4) is 0 Å². The molecule has 0 aliphatic carbocycles. The van der Waals surface area contributed by atoms with Crippen molar-refractivity contribution in [3.63, 3.8) is 0 Å². The molecule has 0 N–H and O–H groups in total. The topological polar surface area (TPSA) is 9.23 Å². The highest BCUT2D eigenvalue weighted by atomic mass is 16.5. The van der Waals surface area contributed by atoms with Crippen LogP contribution in [0.4, 0.5) is 0 Å². The van der Waals surface area contributed by atoms with E-state index < -0.39 is 0 Å². The van der Waals surface area contributed by atoms with Crippen LogP contribution in [0.1, 0.15) is 13.3 Å². The molecule has 0 amide bonds. The first kappa shape index (κ1) is 9.02. The normalized spacial score (nSPS) is 12.0. The number of hydrogen-bond acceptors (Lipinski definition) is 1. The van der Waals surface area contributed by atoms with Gasteiger partial charge in [0, 0.05) is 0 Å². The van der Waals surface area contributed by atoms with Gasteiger partial charge >= 0.3 is 0 Å². The molecule has 0 rings (SSSR count). The van der Waals surface area contributed by atoms with Gasteiger partial charge in [-0.25, -0.2) is 0 Å². The van der Waals surface area contributed by atoms with Crippen LogP contribution in [-0.2, 0) is 4.74 Å². The van der Waals surface area contributed by atoms with E-state index >= 15 is 0 Å². The predicted molar refractivity (Wildman–Crippen MR) is 44.7 cm³/mol. The first-order valence-electron chi connectivity index (χ1n) is 3.38. The summed E-state index contributed by atoms with van der Waals surface area (Å²) in [5.41, 5.74) is 0. The minimum atomic E-state index is 0.796. The van der Waals surface area contributed by atoms with Gasteiger partial charge in [-0.2, -0.15) is 0 Å². The molecule has 1 nitrogen and oxygen atoms in total. The van der Waals surface area contributed by atoms with E-state index in [1.165, 1.54) is 0 Å². The smallest absolute Gasteiger partial charge is 0.118 e. The van der Waals surface area contributed by atoms with Crippen LogP contribution in [-0.4, -0.2) is 7.11 Å². The highest BCUT2D eigenvalue weighted by Crippen LogP contribution is 1.95. The van der Waals surface area contributed by atoms with Crippen molar-refractivity contribution >= 4 is 0 Å². The Bertz CT molecular complexity index is 143. The fourth-order valence-corrected chi connectivity index (χ4v) is 0.518. The van der Waals surface area contributed by atoms with E-state index in [1.807, 2.05) is 12.2 Å². The Morgan fingerprint density at radius 3 is 2.70 bits per heavy atom. The Hall–Kier alpha value is -0.980. The summed E-state index contributed by atoms with van der Waals surface area (Å²) in [5, 5.41) is 0. The molecule has 10 heavy (non-hydrogen) atoms. The van der Waals surface area contributed by atoms with Gasteiger partial charge in [-0.15, -0.1) is 0 Å². The molecule has 0 spiro atoms. The summed E-state index contributed by atoms with van der Waals surface area (Å²) in [4.78, 5) is 0. The lowest BCUT2D eigenvalue weighted by Gasteiger charge is -1.94. The lowest BCUT2D eigenvalue weighted by atomic mass is 10.3. The van der Waals surface area contributed by atoms with Crippen LogP contribution in [0, 0.1) is 0 Å². The van der Waals surface area contributed by atoms with Crippen molar-refractivity contribution in [2.45, 2.75) is 13.3 Å². The third-order valence-corrected chi connectivity index (χ3v) is 1.07. The third kappa shape index (κ3) is 3.96. The zero-order valence-corrected chi connectivity index (χ0v) is 6.63. The van der Waals surface area contributed by atoms with Gasteiger partial charge in [0.1, 0.15) is 5.76 Å². The summed E-state index contributed by atoms with van der Waals surface area (Å²) in [6.45, 7) is 5.67. The summed E-state index contributed by atoms with van der Waals surface area (Å²) < 4.78 is 4.94. The molecule has 0 fully saturated rings. The van der Waals surface area contributed by atoms with Crippen molar-refractivity contribution in [2.75, 3.05) is 7.11 Å². The van der Waals surface area contributed by atoms with E-state index in [0.717, 1.165) is 12.2 Å².